The SMILES string of the molecule is CC(C)[N+](C)(C)Cc1ccccc1.[N-]=C=O. The monoisotopic (exact) mass is 220 g/mol. The first-order valence-corrected chi connectivity index (χ1v) is 5.32. The molecule has 0 N–H and O–H groups in total. The summed E-state index contributed by atoms with van der Waals surface area (Å²) < 4.78 is 1.05. The molecule has 0 aliphatic heterocycles. The first-order valence-electron chi connectivity index (χ1n) is 5.32. The Kier molecular flexibility index (Phi) is 6.31. The molecule has 0 aromatic heterocycles. The summed E-state index contributed by atoms with van der Waals surface area (Å²) in [5.41, 5.74) is 1.42. The third kappa shape index (κ3) is 5.44. The molecule has 0 saturated carbocycles. The Hall–Kier alpha value is -1.44. The second-order valence-corrected chi connectivity index (χ2v) is 4.61. The molecule has 1 aromatic carbocycles. The van der Waals surface area contributed by atoms with E-state index in [0.717, 1.165) is 11.0 Å². The van der Waals surface area contributed by atoms with Gasteiger partial charge in [0.15, 0.2) is 0 Å². The summed E-state index contributed by atoms with van der Waals surface area (Å²) >= 11 is 0. The highest BCUT2D eigenvalue weighted by Crippen LogP contribution is 2.12. The van der Waals surface area contributed by atoms with Crippen LogP contribution in [0.25, 0.3) is 5.41 Å². The Labute approximate surface area is 97.8 Å². The molecule has 0 aliphatic carbocycles. The van der Waals surface area contributed by atoms with Crippen molar-refractivity contribution >= 4 is 6.08 Å². The van der Waals surface area contributed by atoms with E-state index in [1.807, 2.05) is 0 Å². The summed E-state index contributed by atoms with van der Waals surface area (Å²) in [5, 5.41) is 6.76. The van der Waals surface area contributed by atoms with Crippen LogP contribution < -0.4 is 0 Å². The summed E-state index contributed by atoms with van der Waals surface area (Å²) in [4.78, 5) is 8.24. The highest BCUT2D eigenvalue weighted by atomic mass is 16.1. The van der Waals surface area contributed by atoms with Crippen molar-refractivity contribution in [2.24, 2.45) is 0 Å². The van der Waals surface area contributed by atoms with Gasteiger partial charge < -0.3 is 9.89 Å². The molecule has 1 aromatic rings. The van der Waals surface area contributed by atoms with Crippen LogP contribution in [0.4, 0.5) is 0 Å². The van der Waals surface area contributed by atoms with Gasteiger partial charge in [-0.3, -0.25) is 4.79 Å². The van der Waals surface area contributed by atoms with Gasteiger partial charge >= 0.3 is 0 Å². The zero-order chi connectivity index (χ0) is 12.6. The molecular formula is C13H20N2O. The third-order valence-corrected chi connectivity index (χ3v) is 2.83. The van der Waals surface area contributed by atoms with E-state index in [1.54, 1.807) is 0 Å². The fourth-order valence-electron chi connectivity index (χ4n) is 1.24. The number of hydrogen-bond acceptors (Lipinski definition) is 1. The molecule has 0 heterocycles. The molecule has 0 bridgehead atoms. The van der Waals surface area contributed by atoms with Crippen LogP contribution in [-0.4, -0.2) is 30.7 Å². The summed E-state index contributed by atoms with van der Waals surface area (Å²) in [6.07, 6.45) is 0.500. The first-order chi connectivity index (χ1) is 7.44. The molecule has 88 valence electrons. The molecule has 16 heavy (non-hydrogen) atoms. The van der Waals surface area contributed by atoms with Crippen LogP contribution in [0.15, 0.2) is 30.3 Å². The van der Waals surface area contributed by atoms with Crippen molar-refractivity contribution in [2.75, 3.05) is 14.1 Å². The highest BCUT2D eigenvalue weighted by molar-refractivity contribution is 5.36. The maximum atomic E-state index is 8.24. The van der Waals surface area contributed by atoms with Gasteiger partial charge in [0.05, 0.1) is 20.1 Å². The molecule has 0 unspecified atom stereocenters. The molecule has 0 radical (unpaired) electrons. The molecule has 3 heteroatoms. The van der Waals surface area contributed by atoms with Crippen LogP contribution in [0.2, 0.25) is 0 Å². The predicted molar refractivity (Wildman–Crippen MR) is 66.4 cm³/mol. The van der Waals surface area contributed by atoms with E-state index in [2.05, 4.69) is 58.3 Å². The molecule has 1 rings (SSSR count). The average molecular weight is 220 g/mol. The number of nitrogens with zero attached hydrogens (tertiary/aromatic N) is 2. The van der Waals surface area contributed by atoms with Gasteiger partial charge in [0.2, 0.25) is 0 Å². The van der Waals surface area contributed by atoms with Crippen molar-refractivity contribution in [2.45, 2.75) is 26.4 Å². The Morgan fingerprint density at radius 2 is 1.69 bits per heavy atom. The number of rotatable bonds is 3. The lowest BCUT2D eigenvalue weighted by Crippen LogP contribution is -2.44. The van der Waals surface area contributed by atoms with Crippen LogP contribution in [-0.2, 0) is 11.3 Å². The van der Waals surface area contributed by atoms with Gasteiger partial charge in [0, 0.05) is 5.56 Å². The Bertz CT molecular complexity index is 325. The highest BCUT2D eigenvalue weighted by Gasteiger charge is 2.19. The van der Waals surface area contributed by atoms with Crippen molar-refractivity contribution < 1.29 is 9.28 Å². The minimum atomic E-state index is 0.500. The van der Waals surface area contributed by atoms with Crippen LogP contribution >= 0.6 is 0 Å². The fraction of sp³-hybridized carbons (Fsp3) is 0.462. The number of benzene rings is 1. The van der Waals surface area contributed by atoms with E-state index in [9.17, 15) is 0 Å². The standard InChI is InChI=1S/C12H20N.CNO/c1-11(2)13(3,4)10-12-8-6-5-7-9-12;2-1-3/h5-9,11H,10H2,1-4H3;/q+1;-1. The van der Waals surface area contributed by atoms with E-state index in [-0.39, 0.29) is 0 Å². The van der Waals surface area contributed by atoms with Crippen molar-refractivity contribution in [3.8, 4) is 0 Å². The smallest absolute Gasteiger partial charge is 0.104 e. The van der Waals surface area contributed by atoms with E-state index in [0.29, 0.717) is 12.1 Å². The zero-order valence-corrected chi connectivity index (χ0v) is 10.5. The molecule has 0 aliphatic rings. The van der Waals surface area contributed by atoms with Gasteiger partial charge in [0.1, 0.15) is 6.54 Å². The number of carbonyl (C=O) groups excluding carboxylic acids is 1. The van der Waals surface area contributed by atoms with Gasteiger partial charge in [0.25, 0.3) is 0 Å². The molecule has 3 nitrogen and oxygen atoms in total. The van der Waals surface area contributed by atoms with E-state index >= 15 is 0 Å². The van der Waals surface area contributed by atoms with Gasteiger partial charge in [-0.25, -0.2) is 0 Å². The normalized spacial score (nSPS) is 10.3. The van der Waals surface area contributed by atoms with Gasteiger partial charge in [-0.1, -0.05) is 30.3 Å². The Morgan fingerprint density at radius 3 is 2.06 bits per heavy atom. The maximum Gasteiger partial charge on any atom is 0.104 e. The molecule has 0 amide bonds. The maximum absolute atomic E-state index is 8.24. The molecule has 0 fully saturated rings. The fourth-order valence-corrected chi connectivity index (χ4v) is 1.24. The van der Waals surface area contributed by atoms with Crippen molar-refractivity contribution in [1.82, 2.24) is 0 Å². The predicted octanol–water partition coefficient (Wildman–Crippen LogP) is 2.56. The summed E-state index contributed by atoms with van der Waals surface area (Å²) in [7, 11) is 4.55. The Balaban J connectivity index is 0.000000673. The largest absolute Gasteiger partial charge is 0.724 e. The van der Waals surface area contributed by atoms with Crippen LogP contribution in [0, 0.1) is 0 Å². The second kappa shape index (κ2) is 6.94. The number of quaternary nitrogens is 1. The van der Waals surface area contributed by atoms with Crippen LogP contribution in [0.3, 0.4) is 0 Å². The van der Waals surface area contributed by atoms with Gasteiger partial charge in [-0.15, -0.1) is 0 Å². The average Bonchev–Trinajstić information content (AvgIpc) is 2.19. The molecule has 0 spiro atoms. The van der Waals surface area contributed by atoms with E-state index in [4.69, 9.17) is 10.2 Å². The minimum absolute atomic E-state index is 0.500. The summed E-state index contributed by atoms with van der Waals surface area (Å²) in [6, 6.07) is 11.3. The molecule has 0 atom stereocenters. The Morgan fingerprint density at radius 1 is 1.25 bits per heavy atom. The summed E-state index contributed by atoms with van der Waals surface area (Å²) in [6.45, 7) is 5.64. The first kappa shape index (κ1) is 14.6. The van der Waals surface area contributed by atoms with Gasteiger partial charge in [-0.2, -0.15) is 0 Å². The van der Waals surface area contributed by atoms with Crippen LogP contribution in [0.5, 0.6) is 0 Å². The minimum Gasteiger partial charge on any atom is -0.724 e. The topological polar surface area (TPSA) is 39.4 Å². The van der Waals surface area contributed by atoms with E-state index < -0.39 is 0 Å². The van der Waals surface area contributed by atoms with Crippen LogP contribution in [0.1, 0.15) is 19.4 Å². The quantitative estimate of drug-likeness (QED) is 0.438. The van der Waals surface area contributed by atoms with Crippen molar-refractivity contribution in [3.05, 3.63) is 41.3 Å². The molecule has 0 saturated heterocycles. The second-order valence-electron chi connectivity index (χ2n) is 4.61. The number of isocyanates is 1. The van der Waals surface area contributed by atoms with Crippen molar-refractivity contribution in [3.63, 3.8) is 0 Å². The van der Waals surface area contributed by atoms with Gasteiger partial charge in [-0.05, 0) is 19.9 Å². The lowest BCUT2D eigenvalue weighted by molar-refractivity contribution is -0.924. The zero-order valence-electron chi connectivity index (χ0n) is 10.5. The number of hydrogen-bond donors (Lipinski definition) is 0. The summed E-state index contributed by atoms with van der Waals surface area (Å²) in [5.74, 6) is 0. The van der Waals surface area contributed by atoms with Crippen molar-refractivity contribution in [1.29, 1.82) is 0 Å². The third-order valence-electron chi connectivity index (χ3n) is 2.83. The molecular weight excluding hydrogens is 200 g/mol. The lowest BCUT2D eigenvalue weighted by Gasteiger charge is -2.34. The van der Waals surface area contributed by atoms with E-state index in [1.165, 1.54) is 5.56 Å². The lowest BCUT2D eigenvalue weighted by atomic mass is 10.1.